The first-order chi connectivity index (χ1) is 15.2. The lowest BCUT2D eigenvalue weighted by atomic mass is 9.72. The third kappa shape index (κ3) is 4.15. The lowest BCUT2D eigenvalue weighted by Crippen LogP contribution is -2.39. The van der Waals surface area contributed by atoms with Crippen LogP contribution in [-0.2, 0) is 16.8 Å². The molecule has 0 aromatic heterocycles. The quantitative estimate of drug-likeness (QED) is 0.454. The smallest absolute Gasteiger partial charge is 0.303 e. The maximum atomic E-state index is 14.1. The van der Waals surface area contributed by atoms with E-state index in [1.165, 1.54) is 0 Å². The maximum Gasteiger partial charge on any atom is 0.303 e. The summed E-state index contributed by atoms with van der Waals surface area (Å²) in [5.74, 6) is -4.96. The van der Waals surface area contributed by atoms with Crippen LogP contribution in [0.3, 0.4) is 0 Å². The first kappa shape index (κ1) is 22.8. The number of carboxylic acids is 1. The molecule has 32 heavy (non-hydrogen) atoms. The van der Waals surface area contributed by atoms with E-state index < -0.39 is 29.3 Å². The molecule has 1 aliphatic heterocycles. The Hall–Kier alpha value is -2.39. The Morgan fingerprint density at radius 3 is 2.50 bits per heavy atom. The van der Waals surface area contributed by atoms with Gasteiger partial charge in [0.25, 0.3) is 5.91 Å². The highest BCUT2D eigenvalue weighted by Gasteiger charge is 2.47. The summed E-state index contributed by atoms with van der Waals surface area (Å²) in [7, 11) is 0. The molecule has 1 fully saturated rings. The minimum Gasteiger partial charge on any atom is -0.481 e. The molecular formula is C23H22BrF3N2O3. The van der Waals surface area contributed by atoms with E-state index in [9.17, 15) is 27.9 Å². The van der Waals surface area contributed by atoms with Crippen LogP contribution in [0.25, 0.3) is 0 Å². The average Bonchev–Trinajstić information content (AvgIpc) is 3.04. The number of rotatable bonds is 5. The number of carbonyl (C=O) groups is 2. The van der Waals surface area contributed by atoms with E-state index in [1.807, 2.05) is 6.07 Å². The van der Waals surface area contributed by atoms with Crippen molar-refractivity contribution < 1.29 is 27.9 Å². The molecule has 2 aromatic carbocycles. The summed E-state index contributed by atoms with van der Waals surface area (Å²) in [5, 5.41) is 12.7. The van der Waals surface area contributed by atoms with Gasteiger partial charge in [0.2, 0.25) is 0 Å². The first-order valence-electron chi connectivity index (χ1n) is 10.4. The SMILES string of the molecule is O=C(O)CC1CC2(CCNCC2)c2c(C(=O)N(Br)Cc3cc(F)c(F)cc3F)cccc21. The van der Waals surface area contributed by atoms with E-state index >= 15 is 0 Å². The number of hydrogen-bond donors (Lipinski definition) is 2. The van der Waals surface area contributed by atoms with E-state index in [4.69, 9.17) is 0 Å². The summed E-state index contributed by atoms with van der Waals surface area (Å²) in [4.78, 5) is 24.8. The third-order valence-electron chi connectivity index (χ3n) is 6.53. The van der Waals surface area contributed by atoms with Gasteiger partial charge in [0.1, 0.15) is 5.82 Å². The summed E-state index contributed by atoms with van der Waals surface area (Å²) in [6, 6.07) is 6.48. The number of aliphatic carboxylic acids is 1. The van der Waals surface area contributed by atoms with Crippen LogP contribution in [0.5, 0.6) is 0 Å². The number of benzene rings is 2. The number of fused-ring (bicyclic) bond motifs is 2. The number of piperidine rings is 1. The highest BCUT2D eigenvalue weighted by atomic mass is 79.9. The minimum absolute atomic E-state index is 0.0160. The molecule has 0 radical (unpaired) electrons. The topological polar surface area (TPSA) is 69.6 Å². The summed E-state index contributed by atoms with van der Waals surface area (Å²) in [5.41, 5.74) is 1.65. The molecule has 1 unspecified atom stereocenters. The summed E-state index contributed by atoms with van der Waals surface area (Å²) >= 11 is 3.16. The number of hydrogen-bond acceptors (Lipinski definition) is 3. The number of amides is 1. The maximum absolute atomic E-state index is 14.1. The zero-order valence-corrected chi connectivity index (χ0v) is 18.7. The Kier molecular flexibility index (Phi) is 6.31. The van der Waals surface area contributed by atoms with E-state index in [1.54, 1.807) is 12.1 Å². The van der Waals surface area contributed by atoms with Gasteiger partial charge in [-0.05, 0) is 66.9 Å². The molecule has 0 bridgehead atoms. The second kappa shape index (κ2) is 8.86. The monoisotopic (exact) mass is 510 g/mol. The molecule has 9 heteroatoms. The Morgan fingerprint density at radius 1 is 1.12 bits per heavy atom. The molecule has 5 nitrogen and oxygen atoms in total. The standard InChI is InChI=1S/C23H22BrF3N2O3/c24-29(12-14-8-18(26)19(27)10-17(14)25)22(32)16-3-1-2-15-13(9-20(30)31)11-23(21(15)16)4-6-28-7-5-23/h1-3,8,10,13,28H,4-7,9,11-12H2,(H,30,31). The lowest BCUT2D eigenvalue weighted by Gasteiger charge is -2.36. The van der Waals surface area contributed by atoms with E-state index in [-0.39, 0.29) is 29.9 Å². The normalized spacial score (nSPS) is 19.1. The molecule has 2 aliphatic rings. The van der Waals surface area contributed by atoms with Crippen molar-refractivity contribution in [2.75, 3.05) is 13.1 Å². The van der Waals surface area contributed by atoms with Crippen molar-refractivity contribution in [3.05, 3.63) is 70.0 Å². The van der Waals surface area contributed by atoms with E-state index in [2.05, 4.69) is 21.5 Å². The van der Waals surface area contributed by atoms with Crippen LogP contribution in [0, 0.1) is 17.5 Å². The fraction of sp³-hybridized carbons (Fsp3) is 0.391. The molecule has 4 rings (SSSR count). The fourth-order valence-electron chi connectivity index (χ4n) is 5.15. The van der Waals surface area contributed by atoms with Gasteiger partial charge in [0.05, 0.1) is 29.1 Å². The van der Waals surface area contributed by atoms with Gasteiger partial charge >= 0.3 is 5.97 Å². The van der Waals surface area contributed by atoms with Gasteiger partial charge in [-0.2, -0.15) is 0 Å². The van der Waals surface area contributed by atoms with Gasteiger partial charge in [-0.1, -0.05) is 12.1 Å². The highest BCUT2D eigenvalue weighted by molar-refractivity contribution is 9.07. The van der Waals surface area contributed by atoms with E-state index in [0.717, 1.165) is 47.1 Å². The largest absolute Gasteiger partial charge is 0.481 e. The second-order valence-corrected chi connectivity index (χ2v) is 9.34. The Balaban J connectivity index is 1.70. The lowest BCUT2D eigenvalue weighted by molar-refractivity contribution is -0.137. The number of nitrogens with one attached hydrogen (secondary N) is 1. The molecule has 1 saturated heterocycles. The van der Waals surface area contributed by atoms with Crippen molar-refractivity contribution in [2.24, 2.45) is 0 Å². The number of carboxylic acid groups (broad SMARTS) is 1. The van der Waals surface area contributed by atoms with Crippen molar-refractivity contribution in [1.82, 2.24) is 9.24 Å². The molecular weight excluding hydrogens is 489 g/mol. The molecule has 1 atom stereocenters. The van der Waals surface area contributed by atoms with Gasteiger partial charge in [0.15, 0.2) is 11.6 Å². The van der Waals surface area contributed by atoms with Gasteiger partial charge in [-0.3, -0.25) is 13.5 Å². The zero-order valence-electron chi connectivity index (χ0n) is 17.1. The van der Waals surface area contributed by atoms with Crippen LogP contribution in [0.15, 0.2) is 30.3 Å². The summed E-state index contributed by atoms with van der Waals surface area (Å²) in [6.07, 6.45) is 2.19. The Labute approximate surface area is 191 Å². The molecule has 1 amide bonds. The predicted octanol–water partition coefficient (Wildman–Crippen LogP) is 4.64. The summed E-state index contributed by atoms with van der Waals surface area (Å²) in [6.45, 7) is 1.22. The van der Waals surface area contributed by atoms with Crippen molar-refractivity contribution in [3.63, 3.8) is 0 Å². The number of nitrogens with zero attached hydrogens (tertiary/aromatic N) is 1. The molecule has 1 aliphatic carbocycles. The van der Waals surface area contributed by atoms with E-state index in [0.29, 0.717) is 18.1 Å². The van der Waals surface area contributed by atoms with Crippen molar-refractivity contribution in [1.29, 1.82) is 0 Å². The fourth-order valence-corrected chi connectivity index (χ4v) is 5.61. The zero-order chi connectivity index (χ0) is 23.0. The molecule has 170 valence electrons. The van der Waals surface area contributed by atoms with Crippen molar-refractivity contribution in [2.45, 2.75) is 43.6 Å². The van der Waals surface area contributed by atoms with Gasteiger partial charge < -0.3 is 10.4 Å². The predicted molar refractivity (Wildman–Crippen MR) is 115 cm³/mol. The van der Waals surface area contributed by atoms with Gasteiger partial charge in [0, 0.05) is 17.2 Å². The minimum atomic E-state index is -1.29. The van der Waals surface area contributed by atoms with Crippen molar-refractivity contribution >= 4 is 28.0 Å². The van der Waals surface area contributed by atoms with Crippen LogP contribution in [0.2, 0.25) is 0 Å². The third-order valence-corrected chi connectivity index (χ3v) is 7.11. The molecule has 1 heterocycles. The molecule has 1 spiro atoms. The van der Waals surface area contributed by atoms with Crippen LogP contribution in [0.4, 0.5) is 13.2 Å². The number of carbonyl (C=O) groups excluding carboxylic acids is 1. The van der Waals surface area contributed by atoms with Gasteiger partial charge in [-0.15, -0.1) is 0 Å². The Morgan fingerprint density at radius 2 is 1.81 bits per heavy atom. The van der Waals surface area contributed by atoms with Crippen LogP contribution in [-0.4, -0.2) is 34.0 Å². The second-order valence-electron chi connectivity index (χ2n) is 8.48. The molecule has 2 N–H and O–H groups in total. The Bertz CT molecular complexity index is 1070. The average molecular weight is 511 g/mol. The number of halogens is 4. The highest BCUT2D eigenvalue weighted by Crippen LogP contribution is 2.53. The van der Waals surface area contributed by atoms with Crippen LogP contribution in [0.1, 0.15) is 58.6 Å². The van der Waals surface area contributed by atoms with Gasteiger partial charge in [-0.25, -0.2) is 13.2 Å². The van der Waals surface area contributed by atoms with Crippen LogP contribution < -0.4 is 5.32 Å². The van der Waals surface area contributed by atoms with Crippen LogP contribution >= 0.6 is 16.1 Å². The molecule has 0 saturated carbocycles. The first-order valence-corrected chi connectivity index (χ1v) is 11.1. The van der Waals surface area contributed by atoms with Crippen molar-refractivity contribution in [3.8, 4) is 0 Å². The summed E-state index contributed by atoms with van der Waals surface area (Å²) < 4.78 is 42.0. The molecule has 2 aromatic rings.